The first-order chi connectivity index (χ1) is 11.1. The molecule has 0 amide bonds. The summed E-state index contributed by atoms with van der Waals surface area (Å²) in [5.41, 5.74) is 1.08. The van der Waals surface area contributed by atoms with Gasteiger partial charge in [-0.1, -0.05) is 11.6 Å². The van der Waals surface area contributed by atoms with Crippen LogP contribution in [0.3, 0.4) is 0 Å². The second kappa shape index (κ2) is 6.62. The Morgan fingerprint density at radius 2 is 1.83 bits per heavy atom. The van der Waals surface area contributed by atoms with Gasteiger partial charge in [0.15, 0.2) is 12.4 Å². The lowest BCUT2D eigenvalue weighted by Crippen LogP contribution is -2.05. The number of carbonyl (C=O) groups is 1. The summed E-state index contributed by atoms with van der Waals surface area (Å²) in [6.07, 6.45) is 1.50. The molecular weight excluding hydrogens is 321 g/mol. The van der Waals surface area contributed by atoms with Crippen molar-refractivity contribution < 1.29 is 18.3 Å². The van der Waals surface area contributed by atoms with Gasteiger partial charge in [0.1, 0.15) is 5.82 Å². The summed E-state index contributed by atoms with van der Waals surface area (Å²) in [4.78, 5) is 15.9. The van der Waals surface area contributed by atoms with E-state index in [1.807, 2.05) is 0 Å². The number of hydrogen-bond donors (Lipinski definition) is 0. The maximum Gasteiger partial charge on any atom is 0.338 e. The van der Waals surface area contributed by atoms with Crippen LogP contribution in [0.5, 0.6) is 0 Å². The second-order valence-corrected chi connectivity index (χ2v) is 5.14. The average molecular weight is 332 g/mol. The van der Waals surface area contributed by atoms with Crippen molar-refractivity contribution in [1.82, 2.24) is 4.98 Å². The highest BCUT2D eigenvalue weighted by atomic mass is 35.5. The highest BCUT2D eigenvalue weighted by molar-refractivity contribution is 6.30. The Morgan fingerprint density at radius 3 is 2.52 bits per heavy atom. The predicted molar refractivity (Wildman–Crippen MR) is 82.5 cm³/mol. The highest BCUT2D eigenvalue weighted by Gasteiger charge is 2.11. The molecule has 0 spiro atoms. The van der Waals surface area contributed by atoms with Gasteiger partial charge < -0.3 is 9.15 Å². The van der Waals surface area contributed by atoms with Gasteiger partial charge in [0.2, 0.25) is 5.89 Å². The Bertz CT molecular complexity index is 813. The molecule has 0 N–H and O–H groups in total. The fourth-order valence-corrected chi connectivity index (χ4v) is 2.05. The van der Waals surface area contributed by atoms with Crippen molar-refractivity contribution in [3.63, 3.8) is 0 Å². The molecular formula is C17H11ClFNO3. The van der Waals surface area contributed by atoms with E-state index in [0.29, 0.717) is 21.9 Å². The fraction of sp³-hybridized carbons (Fsp3) is 0.0588. The van der Waals surface area contributed by atoms with E-state index in [4.69, 9.17) is 20.8 Å². The number of benzene rings is 2. The van der Waals surface area contributed by atoms with Gasteiger partial charge in [-0.3, -0.25) is 0 Å². The Kier molecular flexibility index (Phi) is 4.39. The number of hydrogen-bond acceptors (Lipinski definition) is 4. The highest BCUT2D eigenvalue weighted by Crippen LogP contribution is 2.21. The molecule has 3 rings (SSSR count). The molecule has 116 valence electrons. The molecule has 0 unspecified atom stereocenters. The van der Waals surface area contributed by atoms with Gasteiger partial charge in [0.05, 0.1) is 11.8 Å². The fourth-order valence-electron chi connectivity index (χ4n) is 1.92. The lowest BCUT2D eigenvalue weighted by Gasteiger charge is -2.02. The smallest absolute Gasteiger partial charge is 0.338 e. The molecule has 0 aliphatic carbocycles. The number of esters is 1. The van der Waals surface area contributed by atoms with Gasteiger partial charge >= 0.3 is 5.97 Å². The Hall–Kier alpha value is -2.66. The maximum absolute atomic E-state index is 12.9. The molecule has 3 aromatic rings. The van der Waals surface area contributed by atoms with Crippen LogP contribution in [0.1, 0.15) is 16.2 Å². The standard InChI is InChI=1S/C17H11ClFNO3/c18-13-5-1-12(2-6-13)17(21)22-10-16-20-9-15(23-16)11-3-7-14(19)8-4-11/h1-9H,10H2. The molecule has 0 saturated carbocycles. The number of nitrogens with zero attached hydrogens (tertiary/aromatic N) is 1. The Morgan fingerprint density at radius 1 is 1.13 bits per heavy atom. The third kappa shape index (κ3) is 3.76. The average Bonchev–Trinajstić information content (AvgIpc) is 3.03. The molecule has 0 aliphatic heterocycles. The summed E-state index contributed by atoms with van der Waals surface area (Å²) >= 11 is 5.76. The van der Waals surface area contributed by atoms with Crippen LogP contribution in [-0.2, 0) is 11.3 Å². The molecule has 0 radical (unpaired) electrons. The van der Waals surface area contributed by atoms with Crippen molar-refractivity contribution >= 4 is 17.6 Å². The van der Waals surface area contributed by atoms with E-state index in [0.717, 1.165) is 0 Å². The van der Waals surface area contributed by atoms with Crippen molar-refractivity contribution in [2.24, 2.45) is 0 Å². The second-order valence-electron chi connectivity index (χ2n) is 4.71. The summed E-state index contributed by atoms with van der Waals surface area (Å²) < 4.78 is 23.5. The van der Waals surface area contributed by atoms with E-state index < -0.39 is 5.97 Å². The van der Waals surface area contributed by atoms with Crippen LogP contribution >= 0.6 is 11.6 Å². The zero-order chi connectivity index (χ0) is 16.2. The van der Waals surface area contributed by atoms with Gasteiger partial charge in [-0.05, 0) is 48.5 Å². The third-order valence-electron chi connectivity index (χ3n) is 3.09. The minimum absolute atomic E-state index is 0.0946. The molecule has 23 heavy (non-hydrogen) atoms. The van der Waals surface area contributed by atoms with Gasteiger partial charge in [0, 0.05) is 10.6 Å². The lowest BCUT2D eigenvalue weighted by molar-refractivity contribution is 0.0439. The molecule has 0 atom stereocenters. The SMILES string of the molecule is O=C(OCc1ncc(-c2ccc(F)cc2)o1)c1ccc(Cl)cc1. The minimum atomic E-state index is -0.497. The summed E-state index contributed by atoms with van der Waals surface area (Å²) in [5, 5.41) is 0.540. The largest absolute Gasteiger partial charge is 0.452 e. The Balaban J connectivity index is 1.64. The first-order valence-corrected chi connectivity index (χ1v) is 7.13. The van der Waals surface area contributed by atoms with Crippen LogP contribution < -0.4 is 0 Å². The van der Waals surface area contributed by atoms with E-state index in [1.54, 1.807) is 36.4 Å². The summed E-state index contributed by atoms with van der Waals surface area (Å²) in [7, 11) is 0. The van der Waals surface area contributed by atoms with E-state index in [2.05, 4.69) is 4.98 Å². The van der Waals surface area contributed by atoms with E-state index in [1.165, 1.54) is 18.3 Å². The van der Waals surface area contributed by atoms with Gasteiger partial charge in [-0.2, -0.15) is 0 Å². The van der Waals surface area contributed by atoms with Crippen LogP contribution in [-0.4, -0.2) is 11.0 Å². The molecule has 2 aromatic carbocycles. The quantitative estimate of drug-likeness (QED) is 0.661. The van der Waals surface area contributed by atoms with Crippen molar-refractivity contribution in [3.8, 4) is 11.3 Å². The molecule has 0 aliphatic rings. The monoisotopic (exact) mass is 331 g/mol. The normalized spacial score (nSPS) is 10.5. The molecule has 0 saturated heterocycles. The number of aromatic nitrogens is 1. The molecule has 0 fully saturated rings. The summed E-state index contributed by atoms with van der Waals surface area (Å²) in [6.45, 7) is -0.0946. The van der Waals surface area contributed by atoms with E-state index in [9.17, 15) is 9.18 Å². The number of oxazole rings is 1. The molecule has 1 heterocycles. The van der Waals surface area contributed by atoms with E-state index in [-0.39, 0.29) is 18.3 Å². The minimum Gasteiger partial charge on any atom is -0.452 e. The van der Waals surface area contributed by atoms with Gasteiger partial charge in [-0.15, -0.1) is 0 Å². The zero-order valence-electron chi connectivity index (χ0n) is 11.8. The Labute approximate surface area is 136 Å². The summed E-state index contributed by atoms with van der Waals surface area (Å²) in [5.74, 6) is -0.0947. The molecule has 1 aromatic heterocycles. The number of rotatable bonds is 4. The number of halogens is 2. The molecule has 0 bridgehead atoms. The topological polar surface area (TPSA) is 52.3 Å². The lowest BCUT2D eigenvalue weighted by atomic mass is 10.2. The number of ether oxygens (including phenoxy) is 1. The first-order valence-electron chi connectivity index (χ1n) is 6.75. The van der Waals surface area contributed by atoms with Crippen molar-refractivity contribution in [2.75, 3.05) is 0 Å². The van der Waals surface area contributed by atoms with Crippen LogP contribution in [0.2, 0.25) is 5.02 Å². The molecule has 6 heteroatoms. The van der Waals surface area contributed by atoms with Crippen LogP contribution in [0.25, 0.3) is 11.3 Å². The van der Waals surface area contributed by atoms with Crippen LogP contribution in [0.4, 0.5) is 4.39 Å². The predicted octanol–water partition coefficient (Wildman–Crippen LogP) is 4.49. The van der Waals surface area contributed by atoms with Crippen LogP contribution in [0, 0.1) is 5.82 Å². The van der Waals surface area contributed by atoms with Crippen molar-refractivity contribution in [1.29, 1.82) is 0 Å². The van der Waals surface area contributed by atoms with Crippen molar-refractivity contribution in [3.05, 3.63) is 77.0 Å². The zero-order valence-corrected chi connectivity index (χ0v) is 12.6. The van der Waals surface area contributed by atoms with Crippen molar-refractivity contribution in [2.45, 2.75) is 6.61 Å². The van der Waals surface area contributed by atoms with Crippen LogP contribution in [0.15, 0.2) is 59.1 Å². The number of carbonyl (C=O) groups excluding carboxylic acids is 1. The summed E-state index contributed by atoms with van der Waals surface area (Å²) in [6, 6.07) is 12.2. The molecule has 4 nitrogen and oxygen atoms in total. The van der Waals surface area contributed by atoms with Gasteiger partial charge in [-0.25, -0.2) is 14.2 Å². The van der Waals surface area contributed by atoms with E-state index >= 15 is 0 Å². The first kappa shape index (κ1) is 15.2. The maximum atomic E-state index is 12.9. The van der Waals surface area contributed by atoms with Gasteiger partial charge in [0.25, 0.3) is 0 Å². The third-order valence-corrected chi connectivity index (χ3v) is 3.34.